The van der Waals surface area contributed by atoms with Crippen LogP contribution in [0.5, 0.6) is 5.75 Å². The fourth-order valence-electron chi connectivity index (χ4n) is 2.90. The highest BCUT2D eigenvalue weighted by Crippen LogP contribution is 2.22. The zero-order valence-electron chi connectivity index (χ0n) is 15.0. The summed E-state index contributed by atoms with van der Waals surface area (Å²) in [6.45, 7) is 0.716. The van der Waals surface area contributed by atoms with E-state index in [9.17, 15) is 9.59 Å². The van der Waals surface area contributed by atoms with E-state index in [2.05, 4.69) is 5.32 Å². The summed E-state index contributed by atoms with van der Waals surface area (Å²) in [5.41, 5.74) is 1.42. The molecule has 140 valence electrons. The third-order valence-electron chi connectivity index (χ3n) is 4.14. The zero-order chi connectivity index (χ0) is 19.4. The molecule has 27 heavy (non-hydrogen) atoms. The van der Waals surface area contributed by atoms with Crippen LogP contribution in [0, 0.1) is 0 Å². The summed E-state index contributed by atoms with van der Waals surface area (Å²) in [4.78, 5) is 25.1. The number of rotatable bonds is 6. The van der Waals surface area contributed by atoms with E-state index in [4.69, 9.17) is 20.8 Å². The monoisotopic (exact) mass is 387 g/mol. The number of amides is 1. The minimum absolute atomic E-state index is 0.158. The predicted octanol–water partition coefficient (Wildman–Crippen LogP) is 2.11. The summed E-state index contributed by atoms with van der Waals surface area (Å²) in [5.74, 6) is 0.456. The van der Waals surface area contributed by atoms with Gasteiger partial charge in [-0.2, -0.15) is 0 Å². The number of halogens is 1. The molecule has 0 fully saturated rings. The van der Waals surface area contributed by atoms with Crippen LogP contribution in [0.3, 0.4) is 0 Å². The maximum Gasteiger partial charge on any atom is 0.336 e. The first-order chi connectivity index (χ1) is 13.0. The second-order valence-electron chi connectivity index (χ2n) is 6.29. The Hall–Kier alpha value is -2.83. The maximum atomic E-state index is 12.3. The molecule has 2 aromatic carbocycles. The number of carbonyl (C=O) groups is 1. The molecular formula is C20H20ClN2O4+. The van der Waals surface area contributed by atoms with Gasteiger partial charge in [-0.3, -0.25) is 4.79 Å². The van der Waals surface area contributed by atoms with E-state index in [0.717, 1.165) is 15.8 Å². The molecule has 1 heterocycles. The van der Waals surface area contributed by atoms with Gasteiger partial charge in [0.2, 0.25) is 0 Å². The number of quaternary nitrogens is 1. The van der Waals surface area contributed by atoms with Gasteiger partial charge in [-0.25, -0.2) is 4.79 Å². The van der Waals surface area contributed by atoms with Crippen LogP contribution in [0.2, 0.25) is 5.02 Å². The molecule has 0 aliphatic heterocycles. The number of hydrogen-bond donors (Lipinski definition) is 2. The van der Waals surface area contributed by atoms with Crippen molar-refractivity contribution in [3.63, 3.8) is 0 Å². The van der Waals surface area contributed by atoms with Crippen molar-refractivity contribution < 1.29 is 18.8 Å². The molecule has 3 aromatic rings. The fraction of sp³-hybridized carbons (Fsp3) is 0.200. The molecule has 1 atom stereocenters. The molecule has 0 saturated carbocycles. The summed E-state index contributed by atoms with van der Waals surface area (Å²) in [6, 6.07) is 13.9. The Kier molecular flexibility index (Phi) is 5.78. The number of hydrogen-bond acceptors (Lipinski definition) is 4. The average Bonchev–Trinajstić information content (AvgIpc) is 2.62. The normalized spacial score (nSPS) is 12.0. The van der Waals surface area contributed by atoms with E-state index in [-0.39, 0.29) is 12.5 Å². The third-order valence-corrected chi connectivity index (χ3v) is 4.47. The molecule has 0 radical (unpaired) electrons. The molecule has 0 bridgehead atoms. The maximum absolute atomic E-state index is 12.3. The first-order valence-corrected chi connectivity index (χ1v) is 8.80. The van der Waals surface area contributed by atoms with Crippen molar-refractivity contribution in [2.45, 2.75) is 6.54 Å². The van der Waals surface area contributed by atoms with Crippen molar-refractivity contribution in [3.05, 3.63) is 69.5 Å². The Balaban J connectivity index is 1.74. The van der Waals surface area contributed by atoms with E-state index in [0.29, 0.717) is 28.6 Å². The van der Waals surface area contributed by atoms with Gasteiger partial charge in [0.25, 0.3) is 5.91 Å². The van der Waals surface area contributed by atoms with Crippen LogP contribution in [-0.4, -0.2) is 26.6 Å². The lowest BCUT2D eigenvalue weighted by Gasteiger charge is -2.15. The first kappa shape index (κ1) is 18.9. The van der Waals surface area contributed by atoms with Crippen molar-refractivity contribution in [2.24, 2.45) is 0 Å². The Morgan fingerprint density at radius 1 is 1.22 bits per heavy atom. The van der Waals surface area contributed by atoms with Gasteiger partial charge in [-0.15, -0.1) is 0 Å². The van der Waals surface area contributed by atoms with Gasteiger partial charge in [-0.05, 0) is 24.3 Å². The molecule has 6 nitrogen and oxygen atoms in total. The van der Waals surface area contributed by atoms with Crippen LogP contribution in [0.1, 0.15) is 5.56 Å². The largest absolute Gasteiger partial charge is 0.497 e. The van der Waals surface area contributed by atoms with Gasteiger partial charge in [-0.1, -0.05) is 23.7 Å². The molecule has 1 amide bonds. The molecule has 0 spiro atoms. The molecule has 0 aliphatic rings. The molecule has 3 rings (SSSR count). The summed E-state index contributed by atoms with van der Waals surface area (Å²) in [7, 11) is 3.44. The Morgan fingerprint density at radius 3 is 2.74 bits per heavy atom. The minimum atomic E-state index is -0.431. The number of ether oxygens (including phenoxy) is 1. The first-order valence-electron chi connectivity index (χ1n) is 8.42. The third kappa shape index (κ3) is 4.67. The van der Waals surface area contributed by atoms with Gasteiger partial charge < -0.3 is 19.4 Å². The fourth-order valence-corrected chi connectivity index (χ4v) is 3.09. The Morgan fingerprint density at radius 2 is 2.00 bits per heavy atom. The van der Waals surface area contributed by atoms with E-state index in [1.165, 1.54) is 6.07 Å². The van der Waals surface area contributed by atoms with Gasteiger partial charge >= 0.3 is 5.63 Å². The lowest BCUT2D eigenvalue weighted by Crippen LogP contribution is -3.08. The minimum Gasteiger partial charge on any atom is -0.497 e. The highest BCUT2D eigenvalue weighted by atomic mass is 35.5. The number of fused-ring (bicyclic) bond motifs is 1. The Labute approximate surface area is 161 Å². The van der Waals surface area contributed by atoms with E-state index >= 15 is 0 Å². The number of likely N-dealkylation sites (N-methyl/N-ethyl adjacent to an activating group) is 1. The molecule has 1 unspecified atom stereocenters. The van der Waals surface area contributed by atoms with E-state index in [1.807, 2.05) is 25.2 Å². The van der Waals surface area contributed by atoms with Crippen molar-refractivity contribution >= 4 is 34.2 Å². The van der Waals surface area contributed by atoms with Crippen LogP contribution in [0.25, 0.3) is 11.0 Å². The lowest BCUT2D eigenvalue weighted by atomic mass is 10.1. The van der Waals surface area contributed by atoms with Gasteiger partial charge in [0.05, 0.1) is 24.9 Å². The second-order valence-corrected chi connectivity index (χ2v) is 6.70. The summed E-state index contributed by atoms with van der Waals surface area (Å²) in [5, 5.41) is 4.11. The van der Waals surface area contributed by atoms with Crippen LogP contribution >= 0.6 is 11.6 Å². The van der Waals surface area contributed by atoms with Crippen LogP contribution < -0.4 is 20.6 Å². The second kappa shape index (κ2) is 8.24. The molecule has 0 aliphatic carbocycles. The van der Waals surface area contributed by atoms with E-state index < -0.39 is 5.63 Å². The van der Waals surface area contributed by atoms with Gasteiger partial charge in [0.1, 0.15) is 17.9 Å². The zero-order valence-corrected chi connectivity index (χ0v) is 15.8. The lowest BCUT2D eigenvalue weighted by molar-refractivity contribution is -0.885. The topological polar surface area (TPSA) is 73.0 Å². The molecular weight excluding hydrogens is 368 g/mol. The van der Waals surface area contributed by atoms with Gasteiger partial charge in [0, 0.05) is 23.1 Å². The summed E-state index contributed by atoms with van der Waals surface area (Å²) < 4.78 is 10.4. The molecule has 7 heteroatoms. The van der Waals surface area contributed by atoms with Crippen molar-refractivity contribution in [3.8, 4) is 5.75 Å². The number of carbonyl (C=O) groups excluding carboxylic acids is 1. The predicted molar refractivity (Wildman–Crippen MR) is 105 cm³/mol. The van der Waals surface area contributed by atoms with Crippen LogP contribution in [0.4, 0.5) is 5.69 Å². The van der Waals surface area contributed by atoms with Crippen molar-refractivity contribution in [1.82, 2.24) is 0 Å². The SMILES string of the molecule is COc1ccc2c(C[NH+](C)CC(=O)Nc3ccccc3Cl)cc(=O)oc2c1. The van der Waals surface area contributed by atoms with Gasteiger partial charge in [0.15, 0.2) is 6.54 Å². The highest BCUT2D eigenvalue weighted by molar-refractivity contribution is 6.33. The number of anilines is 1. The summed E-state index contributed by atoms with van der Waals surface area (Å²) in [6.07, 6.45) is 0. The molecule has 1 aromatic heterocycles. The smallest absolute Gasteiger partial charge is 0.336 e. The Bertz CT molecular complexity index is 1030. The molecule has 0 saturated heterocycles. The number of nitrogens with one attached hydrogen (secondary N) is 2. The van der Waals surface area contributed by atoms with E-state index in [1.54, 1.807) is 31.4 Å². The van der Waals surface area contributed by atoms with Crippen LogP contribution in [0.15, 0.2) is 57.7 Å². The highest BCUT2D eigenvalue weighted by Gasteiger charge is 2.15. The summed E-state index contributed by atoms with van der Waals surface area (Å²) >= 11 is 6.07. The molecule has 2 N–H and O–H groups in total. The number of para-hydroxylation sites is 1. The van der Waals surface area contributed by atoms with Crippen molar-refractivity contribution in [2.75, 3.05) is 26.0 Å². The quantitative estimate of drug-likeness (QED) is 0.635. The standard InChI is InChI=1S/C20H19ClN2O4/c1-23(12-19(24)22-17-6-4-3-5-16(17)21)11-13-9-20(25)27-18-10-14(26-2)7-8-15(13)18/h3-10H,11-12H2,1-2H3,(H,22,24)/p+1. The number of methoxy groups -OCH3 is 1. The van der Waals surface area contributed by atoms with Crippen LogP contribution in [-0.2, 0) is 11.3 Å². The van der Waals surface area contributed by atoms with Crippen molar-refractivity contribution in [1.29, 1.82) is 0 Å². The average molecular weight is 388 g/mol. The number of benzene rings is 2.